The fourth-order valence-electron chi connectivity index (χ4n) is 4.06. The Morgan fingerprint density at radius 2 is 1.76 bits per heavy atom. The van der Waals surface area contributed by atoms with Gasteiger partial charge in [-0.3, -0.25) is 0 Å². The fourth-order valence-corrected chi connectivity index (χ4v) is 4.06. The summed E-state index contributed by atoms with van der Waals surface area (Å²) in [5.74, 6) is -0.471. The molecule has 0 spiro atoms. The molecule has 2 aromatic rings. The molecule has 2 aromatic carbocycles. The summed E-state index contributed by atoms with van der Waals surface area (Å²) >= 11 is 0. The highest BCUT2D eigenvalue weighted by Crippen LogP contribution is 2.38. The van der Waals surface area contributed by atoms with Crippen LogP contribution < -0.4 is 4.74 Å². The van der Waals surface area contributed by atoms with E-state index in [9.17, 15) is 14.3 Å². The van der Waals surface area contributed by atoms with E-state index in [2.05, 4.69) is 0 Å². The lowest BCUT2D eigenvalue weighted by molar-refractivity contribution is 0.0597. The monoisotopic (exact) mass is 452 g/mol. The van der Waals surface area contributed by atoms with Crippen LogP contribution in [0.15, 0.2) is 42.0 Å². The van der Waals surface area contributed by atoms with Crippen LogP contribution in [0, 0.1) is 5.82 Å². The molecule has 0 radical (unpaired) electrons. The largest absolute Gasteiger partial charge is 0.507 e. The first-order valence-corrected chi connectivity index (χ1v) is 11.6. The number of benzene rings is 2. The minimum absolute atomic E-state index is 0.0789. The summed E-state index contributed by atoms with van der Waals surface area (Å²) in [6, 6.07) is 7.86. The number of phenols is 1. The molecule has 1 fully saturated rings. The number of carbonyl (C=O) groups excluding carboxylic acids is 1. The highest BCUT2D eigenvalue weighted by Gasteiger charge is 2.24. The number of carbonyl (C=O) groups is 1. The van der Waals surface area contributed by atoms with Crippen molar-refractivity contribution in [3.8, 4) is 11.5 Å². The lowest BCUT2D eigenvalue weighted by Crippen LogP contribution is -2.17. The van der Waals surface area contributed by atoms with Crippen molar-refractivity contribution in [2.45, 2.75) is 64.9 Å². The molecule has 1 N–H and O–H groups in total. The Bertz CT molecular complexity index is 1010. The summed E-state index contributed by atoms with van der Waals surface area (Å²) < 4.78 is 24.7. The number of hydrogen-bond donors (Lipinski definition) is 1. The van der Waals surface area contributed by atoms with E-state index in [-0.39, 0.29) is 23.2 Å². The van der Waals surface area contributed by atoms with Crippen LogP contribution in [0.5, 0.6) is 11.5 Å². The predicted octanol–water partition coefficient (Wildman–Crippen LogP) is 7.10. The zero-order chi connectivity index (χ0) is 23.8. The molecule has 1 aliphatic carbocycles. The van der Waals surface area contributed by atoms with E-state index in [0.717, 1.165) is 36.8 Å². The second-order valence-corrected chi connectivity index (χ2v) is 8.76. The van der Waals surface area contributed by atoms with Gasteiger partial charge in [-0.1, -0.05) is 48.8 Å². The SMILES string of the molecule is COC(=O)c1c(/C=C/c2ccc(F)cc2)cc(OC2CCCCCC2)c(CC=C(C)C)c1O. The first kappa shape index (κ1) is 24.6. The number of halogens is 1. The molecule has 1 saturated carbocycles. The number of rotatable bonds is 7. The molecular formula is C28H33FO4. The first-order chi connectivity index (χ1) is 15.9. The number of methoxy groups -OCH3 is 1. The molecule has 0 bridgehead atoms. The normalized spacial score (nSPS) is 14.7. The van der Waals surface area contributed by atoms with Crippen molar-refractivity contribution in [3.05, 3.63) is 70.1 Å². The number of hydrogen-bond acceptors (Lipinski definition) is 4. The second-order valence-electron chi connectivity index (χ2n) is 8.76. The maximum atomic E-state index is 13.3. The van der Waals surface area contributed by atoms with Gasteiger partial charge in [0.2, 0.25) is 0 Å². The van der Waals surface area contributed by atoms with Crippen LogP contribution in [0.1, 0.15) is 79.4 Å². The minimum atomic E-state index is -0.620. The van der Waals surface area contributed by atoms with Gasteiger partial charge in [0.15, 0.2) is 0 Å². The van der Waals surface area contributed by atoms with Gasteiger partial charge >= 0.3 is 5.97 Å². The summed E-state index contributed by atoms with van der Waals surface area (Å²) in [5, 5.41) is 11.2. The minimum Gasteiger partial charge on any atom is -0.507 e. The van der Waals surface area contributed by atoms with Crippen molar-refractivity contribution in [1.82, 2.24) is 0 Å². The van der Waals surface area contributed by atoms with E-state index in [1.165, 1.54) is 32.1 Å². The molecule has 0 heterocycles. The number of ether oxygens (including phenoxy) is 2. The maximum Gasteiger partial charge on any atom is 0.342 e. The second kappa shape index (κ2) is 11.7. The molecule has 0 saturated heterocycles. The summed E-state index contributed by atoms with van der Waals surface area (Å²) in [6.07, 6.45) is 12.6. The number of allylic oxidation sites excluding steroid dienone is 2. The molecule has 4 nitrogen and oxygen atoms in total. The topological polar surface area (TPSA) is 55.8 Å². The Kier molecular flexibility index (Phi) is 8.70. The van der Waals surface area contributed by atoms with E-state index in [4.69, 9.17) is 9.47 Å². The lowest BCUT2D eigenvalue weighted by atomic mass is 9.97. The van der Waals surface area contributed by atoms with Gasteiger partial charge in [0.05, 0.1) is 13.2 Å². The third kappa shape index (κ3) is 6.70. The van der Waals surface area contributed by atoms with Crippen LogP contribution in [-0.2, 0) is 11.2 Å². The average Bonchev–Trinajstić information content (AvgIpc) is 3.06. The summed E-state index contributed by atoms with van der Waals surface area (Å²) in [6.45, 7) is 3.98. The Hall–Kier alpha value is -3.08. The first-order valence-electron chi connectivity index (χ1n) is 11.6. The Morgan fingerprint density at radius 3 is 2.36 bits per heavy atom. The van der Waals surface area contributed by atoms with Gasteiger partial charge in [0, 0.05) is 5.56 Å². The smallest absolute Gasteiger partial charge is 0.342 e. The molecule has 0 atom stereocenters. The summed E-state index contributed by atoms with van der Waals surface area (Å²) in [5.41, 5.74) is 3.05. The molecule has 0 amide bonds. The van der Waals surface area contributed by atoms with Crippen LogP contribution in [0.3, 0.4) is 0 Å². The molecule has 0 aromatic heterocycles. The van der Waals surface area contributed by atoms with Crippen molar-refractivity contribution in [3.63, 3.8) is 0 Å². The van der Waals surface area contributed by atoms with Gasteiger partial charge in [-0.25, -0.2) is 9.18 Å². The van der Waals surface area contributed by atoms with E-state index in [0.29, 0.717) is 23.3 Å². The zero-order valence-electron chi connectivity index (χ0n) is 19.7. The highest BCUT2D eigenvalue weighted by atomic mass is 19.1. The van der Waals surface area contributed by atoms with Gasteiger partial charge in [-0.2, -0.15) is 0 Å². The van der Waals surface area contributed by atoms with Crippen molar-refractivity contribution in [1.29, 1.82) is 0 Å². The van der Waals surface area contributed by atoms with Gasteiger partial charge in [0.1, 0.15) is 22.9 Å². The van der Waals surface area contributed by atoms with E-state index in [1.807, 2.05) is 26.0 Å². The van der Waals surface area contributed by atoms with Gasteiger partial charge < -0.3 is 14.6 Å². The molecular weight excluding hydrogens is 419 g/mol. The van der Waals surface area contributed by atoms with Crippen LogP contribution in [0.25, 0.3) is 12.2 Å². The van der Waals surface area contributed by atoms with Crippen LogP contribution >= 0.6 is 0 Å². The van der Waals surface area contributed by atoms with Gasteiger partial charge in [0.25, 0.3) is 0 Å². The van der Waals surface area contributed by atoms with Crippen LogP contribution in [0.4, 0.5) is 4.39 Å². The molecule has 33 heavy (non-hydrogen) atoms. The molecule has 0 aliphatic heterocycles. The number of aromatic hydroxyl groups is 1. The summed E-state index contributed by atoms with van der Waals surface area (Å²) in [4.78, 5) is 12.6. The van der Waals surface area contributed by atoms with E-state index >= 15 is 0 Å². The van der Waals surface area contributed by atoms with Gasteiger partial charge in [-0.15, -0.1) is 0 Å². The molecule has 3 rings (SSSR count). The molecule has 0 unspecified atom stereocenters. The third-order valence-electron chi connectivity index (χ3n) is 5.92. The maximum absolute atomic E-state index is 13.3. The van der Waals surface area contributed by atoms with Crippen molar-refractivity contribution < 1.29 is 23.8 Å². The fraction of sp³-hybridized carbons (Fsp3) is 0.393. The Labute approximate surface area is 195 Å². The quantitative estimate of drug-likeness (QED) is 0.211. The predicted molar refractivity (Wildman–Crippen MR) is 130 cm³/mol. The number of esters is 1. The Morgan fingerprint density at radius 1 is 1.09 bits per heavy atom. The molecule has 5 heteroatoms. The van der Waals surface area contributed by atoms with E-state index < -0.39 is 5.97 Å². The Balaban J connectivity index is 2.08. The summed E-state index contributed by atoms with van der Waals surface area (Å²) in [7, 11) is 1.29. The van der Waals surface area contributed by atoms with Crippen LogP contribution in [0.2, 0.25) is 0 Å². The standard InChI is InChI=1S/C28H33FO4/c1-19(2)10-17-24-25(33-23-8-6-4-5-7-9-23)18-21(26(27(24)30)28(31)32-3)14-11-20-12-15-22(29)16-13-20/h10-16,18,23,30H,4-9,17H2,1-3H3/b14-11+. The average molecular weight is 453 g/mol. The zero-order valence-corrected chi connectivity index (χ0v) is 19.7. The van der Waals surface area contributed by atoms with Gasteiger partial charge in [-0.05, 0) is 75.3 Å². The molecule has 176 valence electrons. The third-order valence-corrected chi connectivity index (χ3v) is 5.92. The van der Waals surface area contributed by atoms with Crippen LogP contribution in [-0.4, -0.2) is 24.3 Å². The number of phenolic OH excluding ortho intramolecular Hbond substituents is 1. The van der Waals surface area contributed by atoms with Crippen molar-refractivity contribution in [2.75, 3.05) is 7.11 Å². The molecule has 1 aliphatic rings. The highest BCUT2D eigenvalue weighted by molar-refractivity contribution is 5.98. The van der Waals surface area contributed by atoms with Crippen molar-refractivity contribution in [2.24, 2.45) is 0 Å². The van der Waals surface area contributed by atoms with Crippen molar-refractivity contribution >= 4 is 18.1 Å². The van der Waals surface area contributed by atoms with E-state index in [1.54, 1.807) is 24.3 Å². The lowest BCUT2D eigenvalue weighted by Gasteiger charge is -2.22.